The van der Waals surface area contributed by atoms with Crippen LogP contribution in [0.1, 0.15) is 52.4 Å². The van der Waals surface area contributed by atoms with Gasteiger partial charge in [0, 0.05) is 12.4 Å². The standard InChI is InChI=1S/C10H20O2.C3H4N2/c1-3-5-6-8-9(7-4-2)10(11)12;1-2-5-3-4-1/h9H,3-8H2,1-2H3,(H,11,12);1-3H,(H,4,5). The molecule has 0 spiro atoms. The van der Waals surface area contributed by atoms with Crippen LogP contribution in [0.5, 0.6) is 0 Å². The third-order valence-electron chi connectivity index (χ3n) is 2.55. The molecule has 0 aliphatic carbocycles. The van der Waals surface area contributed by atoms with Crippen molar-refractivity contribution in [1.82, 2.24) is 9.97 Å². The number of carboxylic acid groups (broad SMARTS) is 1. The zero-order chi connectivity index (χ0) is 12.9. The summed E-state index contributed by atoms with van der Waals surface area (Å²) in [6.07, 6.45) is 11.1. The first-order valence-corrected chi connectivity index (χ1v) is 6.37. The summed E-state index contributed by atoms with van der Waals surface area (Å²) in [7, 11) is 0. The molecule has 1 aromatic rings. The molecule has 0 aliphatic heterocycles. The Labute approximate surface area is 103 Å². The van der Waals surface area contributed by atoms with Gasteiger partial charge in [-0.2, -0.15) is 0 Å². The third-order valence-corrected chi connectivity index (χ3v) is 2.55. The van der Waals surface area contributed by atoms with E-state index in [2.05, 4.69) is 16.9 Å². The van der Waals surface area contributed by atoms with Crippen LogP contribution in [0.3, 0.4) is 0 Å². The van der Waals surface area contributed by atoms with Crippen molar-refractivity contribution >= 4 is 5.97 Å². The maximum absolute atomic E-state index is 10.7. The Morgan fingerprint density at radius 3 is 2.41 bits per heavy atom. The van der Waals surface area contributed by atoms with E-state index >= 15 is 0 Å². The molecule has 1 atom stereocenters. The van der Waals surface area contributed by atoms with E-state index in [9.17, 15) is 4.79 Å². The molecule has 1 aromatic heterocycles. The molecule has 0 fully saturated rings. The number of aliphatic carboxylic acids is 1. The summed E-state index contributed by atoms with van der Waals surface area (Å²) in [6, 6.07) is 0. The van der Waals surface area contributed by atoms with Gasteiger partial charge >= 0.3 is 5.97 Å². The van der Waals surface area contributed by atoms with Crippen molar-refractivity contribution in [2.45, 2.75) is 52.4 Å². The number of nitrogens with zero attached hydrogens (tertiary/aromatic N) is 1. The van der Waals surface area contributed by atoms with Crippen LogP contribution in [-0.4, -0.2) is 21.0 Å². The van der Waals surface area contributed by atoms with Crippen molar-refractivity contribution in [3.05, 3.63) is 18.7 Å². The number of aromatic nitrogens is 2. The van der Waals surface area contributed by atoms with Gasteiger partial charge < -0.3 is 10.1 Å². The molecule has 98 valence electrons. The number of H-pyrrole nitrogens is 1. The number of carbonyl (C=O) groups is 1. The number of imidazole rings is 1. The van der Waals surface area contributed by atoms with Gasteiger partial charge in [0.05, 0.1) is 12.2 Å². The van der Waals surface area contributed by atoms with E-state index in [1.807, 2.05) is 6.92 Å². The fraction of sp³-hybridized carbons (Fsp3) is 0.692. The van der Waals surface area contributed by atoms with Gasteiger partial charge in [-0.15, -0.1) is 0 Å². The highest BCUT2D eigenvalue weighted by atomic mass is 16.4. The molecular formula is C13H24N2O2. The smallest absolute Gasteiger partial charge is 0.306 e. The predicted molar refractivity (Wildman–Crippen MR) is 68.8 cm³/mol. The van der Waals surface area contributed by atoms with E-state index in [1.165, 1.54) is 6.42 Å². The van der Waals surface area contributed by atoms with E-state index in [0.29, 0.717) is 0 Å². The number of aromatic amines is 1. The maximum atomic E-state index is 10.7. The number of hydrogen-bond donors (Lipinski definition) is 2. The zero-order valence-electron chi connectivity index (χ0n) is 10.9. The van der Waals surface area contributed by atoms with Crippen LogP contribution in [0.15, 0.2) is 18.7 Å². The highest BCUT2D eigenvalue weighted by Gasteiger charge is 2.14. The molecule has 2 N–H and O–H groups in total. The Bertz CT molecular complexity index is 243. The number of carboxylic acids is 1. The lowest BCUT2D eigenvalue weighted by Crippen LogP contribution is -2.13. The SMILES string of the molecule is CCCCCC(CCC)C(=O)O.c1c[nH]cn1. The molecular weight excluding hydrogens is 216 g/mol. The molecule has 4 heteroatoms. The summed E-state index contributed by atoms with van der Waals surface area (Å²) in [5.74, 6) is -0.713. The number of hydrogen-bond acceptors (Lipinski definition) is 2. The van der Waals surface area contributed by atoms with Crippen LogP contribution in [0.2, 0.25) is 0 Å². The molecule has 1 heterocycles. The minimum atomic E-state index is -0.618. The van der Waals surface area contributed by atoms with Crippen LogP contribution in [-0.2, 0) is 4.79 Å². The Balaban J connectivity index is 0.000000419. The lowest BCUT2D eigenvalue weighted by atomic mass is 9.97. The molecule has 0 saturated heterocycles. The van der Waals surface area contributed by atoms with Gasteiger partial charge in [0.1, 0.15) is 0 Å². The van der Waals surface area contributed by atoms with E-state index in [-0.39, 0.29) is 5.92 Å². The second-order valence-corrected chi connectivity index (χ2v) is 4.08. The van der Waals surface area contributed by atoms with Gasteiger partial charge in [0.25, 0.3) is 0 Å². The topological polar surface area (TPSA) is 66.0 Å². The number of nitrogens with one attached hydrogen (secondary N) is 1. The Hall–Kier alpha value is -1.32. The predicted octanol–water partition coefficient (Wildman–Crippen LogP) is 3.48. The first-order chi connectivity index (χ1) is 8.22. The normalized spacial score (nSPS) is 11.4. The monoisotopic (exact) mass is 240 g/mol. The van der Waals surface area contributed by atoms with Crippen LogP contribution >= 0.6 is 0 Å². The minimum Gasteiger partial charge on any atom is -0.481 e. The summed E-state index contributed by atoms with van der Waals surface area (Å²) in [5, 5.41) is 8.80. The molecule has 17 heavy (non-hydrogen) atoms. The maximum Gasteiger partial charge on any atom is 0.306 e. The first kappa shape index (κ1) is 15.7. The lowest BCUT2D eigenvalue weighted by molar-refractivity contribution is -0.142. The quantitative estimate of drug-likeness (QED) is 0.717. The molecule has 0 aliphatic rings. The Morgan fingerprint density at radius 2 is 2.06 bits per heavy atom. The molecule has 1 unspecified atom stereocenters. The van der Waals surface area contributed by atoms with Crippen molar-refractivity contribution in [1.29, 1.82) is 0 Å². The van der Waals surface area contributed by atoms with Gasteiger partial charge in [-0.05, 0) is 12.8 Å². The number of rotatable bonds is 7. The molecule has 0 amide bonds. The van der Waals surface area contributed by atoms with Crippen LogP contribution in [0.4, 0.5) is 0 Å². The van der Waals surface area contributed by atoms with Crippen molar-refractivity contribution < 1.29 is 9.90 Å². The van der Waals surface area contributed by atoms with Crippen LogP contribution in [0.25, 0.3) is 0 Å². The zero-order valence-corrected chi connectivity index (χ0v) is 10.9. The summed E-state index contributed by atoms with van der Waals surface area (Å²) in [4.78, 5) is 17.1. The fourth-order valence-electron chi connectivity index (χ4n) is 1.60. The van der Waals surface area contributed by atoms with Crippen molar-refractivity contribution in [2.75, 3.05) is 0 Å². The van der Waals surface area contributed by atoms with Crippen LogP contribution in [0, 0.1) is 5.92 Å². The average Bonchev–Trinajstić information content (AvgIpc) is 2.86. The molecule has 0 bridgehead atoms. The van der Waals surface area contributed by atoms with E-state index in [4.69, 9.17) is 5.11 Å². The second-order valence-electron chi connectivity index (χ2n) is 4.08. The van der Waals surface area contributed by atoms with Gasteiger partial charge in [-0.3, -0.25) is 4.79 Å². The minimum absolute atomic E-state index is 0.0958. The molecule has 0 aromatic carbocycles. The van der Waals surface area contributed by atoms with Gasteiger partial charge in [0.2, 0.25) is 0 Å². The van der Waals surface area contributed by atoms with Crippen molar-refractivity contribution in [3.8, 4) is 0 Å². The van der Waals surface area contributed by atoms with Gasteiger partial charge in [-0.25, -0.2) is 4.98 Å². The van der Waals surface area contributed by atoms with Crippen molar-refractivity contribution in [2.24, 2.45) is 5.92 Å². The summed E-state index contributed by atoms with van der Waals surface area (Å²) < 4.78 is 0. The highest BCUT2D eigenvalue weighted by molar-refractivity contribution is 5.69. The van der Waals surface area contributed by atoms with Gasteiger partial charge in [-0.1, -0.05) is 39.5 Å². The van der Waals surface area contributed by atoms with Gasteiger partial charge in [0.15, 0.2) is 0 Å². The van der Waals surface area contributed by atoms with Crippen molar-refractivity contribution in [3.63, 3.8) is 0 Å². The average molecular weight is 240 g/mol. The molecule has 4 nitrogen and oxygen atoms in total. The molecule has 1 rings (SSSR count). The summed E-state index contributed by atoms with van der Waals surface area (Å²) in [5.41, 5.74) is 0. The van der Waals surface area contributed by atoms with E-state index in [1.54, 1.807) is 18.7 Å². The third kappa shape index (κ3) is 9.60. The lowest BCUT2D eigenvalue weighted by Gasteiger charge is -2.09. The van der Waals surface area contributed by atoms with Crippen LogP contribution < -0.4 is 0 Å². The summed E-state index contributed by atoms with van der Waals surface area (Å²) >= 11 is 0. The molecule has 0 saturated carbocycles. The van der Waals surface area contributed by atoms with E-state index < -0.39 is 5.97 Å². The Kier molecular flexibility index (Phi) is 10.3. The second kappa shape index (κ2) is 11.2. The largest absolute Gasteiger partial charge is 0.481 e. The Morgan fingerprint density at radius 1 is 1.29 bits per heavy atom. The van der Waals surface area contributed by atoms with E-state index in [0.717, 1.165) is 32.1 Å². The fourth-order valence-corrected chi connectivity index (χ4v) is 1.60. The summed E-state index contributed by atoms with van der Waals surface area (Å²) in [6.45, 7) is 4.17. The number of unbranched alkanes of at least 4 members (excludes halogenated alkanes) is 2. The highest BCUT2D eigenvalue weighted by Crippen LogP contribution is 2.15. The molecule has 0 radical (unpaired) electrons. The first-order valence-electron chi connectivity index (χ1n) is 6.37.